The summed E-state index contributed by atoms with van der Waals surface area (Å²) in [5.41, 5.74) is 0.0877. The summed E-state index contributed by atoms with van der Waals surface area (Å²) in [5, 5.41) is 2.61. The van der Waals surface area contributed by atoms with E-state index in [-0.39, 0.29) is 17.4 Å². The zero-order chi connectivity index (χ0) is 20.2. The third-order valence-electron chi connectivity index (χ3n) is 4.62. The van der Waals surface area contributed by atoms with Gasteiger partial charge in [0.25, 0.3) is 5.91 Å². The third-order valence-corrected chi connectivity index (χ3v) is 4.62. The lowest BCUT2D eigenvalue weighted by molar-refractivity contribution is 0.0746. The zero-order valence-electron chi connectivity index (χ0n) is 15.4. The SMILES string of the molecule is O=C(c1ccnc(Nc2c(F)cccc2F)c1)N1CCN(c2ncccn2)CC1. The Kier molecular flexibility index (Phi) is 5.28. The Morgan fingerprint density at radius 1 is 0.897 bits per heavy atom. The number of hydrogen-bond acceptors (Lipinski definition) is 6. The van der Waals surface area contributed by atoms with Gasteiger partial charge in [-0.15, -0.1) is 0 Å². The quantitative estimate of drug-likeness (QED) is 0.731. The van der Waals surface area contributed by atoms with Crippen molar-refractivity contribution in [1.29, 1.82) is 0 Å². The standard InChI is InChI=1S/C20H18F2N6O/c21-15-3-1-4-16(22)18(15)26-17-13-14(5-8-23-17)19(29)27-9-11-28(12-10-27)20-24-6-2-7-25-20/h1-8,13H,9-12H2,(H,23,26). The second kappa shape index (κ2) is 8.17. The molecule has 0 spiro atoms. The highest BCUT2D eigenvalue weighted by Crippen LogP contribution is 2.23. The third kappa shape index (κ3) is 4.13. The fraction of sp³-hybridized carbons (Fsp3) is 0.200. The molecule has 1 fully saturated rings. The predicted molar refractivity (Wildman–Crippen MR) is 104 cm³/mol. The normalized spacial score (nSPS) is 14.0. The highest BCUT2D eigenvalue weighted by atomic mass is 19.1. The first-order valence-electron chi connectivity index (χ1n) is 9.10. The molecule has 3 heterocycles. The van der Waals surface area contributed by atoms with Crippen molar-refractivity contribution in [1.82, 2.24) is 19.9 Å². The fourth-order valence-corrected chi connectivity index (χ4v) is 3.12. The first kappa shape index (κ1) is 18.7. The maximum absolute atomic E-state index is 13.8. The summed E-state index contributed by atoms with van der Waals surface area (Å²) in [7, 11) is 0. The van der Waals surface area contributed by atoms with Gasteiger partial charge < -0.3 is 15.1 Å². The summed E-state index contributed by atoms with van der Waals surface area (Å²) < 4.78 is 27.7. The lowest BCUT2D eigenvalue weighted by Gasteiger charge is -2.34. The van der Waals surface area contributed by atoms with Gasteiger partial charge in [-0.2, -0.15) is 0 Å². The molecule has 1 aromatic carbocycles. The van der Waals surface area contributed by atoms with Crippen LogP contribution in [0.25, 0.3) is 0 Å². The van der Waals surface area contributed by atoms with E-state index in [1.165, 1.54) is 18.3 Å². The summed E-state index contributed by atoms with van der Waals surface area (Å²) in [4.78, 5) is 29.1. The van der Waals surface area contributed by atoms with Crippen molar-refractivity contribution in [2.75, 3.05) is 36.4 Å². The number of halogens is 2. The van der Waals surface area contributed by atoms with Crippen LogP contribution in [-0.2, 0) is 0 Å². The van der Waals surface area contributed by atoms with Crippen molar-refractivity contribution in [2.45, 2.75) is 0 Å². The van der Waals surface area contributed by atoms with Crippen molar-refractivity contribution in [3.05, 3.63) is 72.2 Å². The van der Waals surface area contributed by atoms with Crippen LogP contribution in [-0.4, -0.2) is 51.9 Å². The van der Waals surface area contributed by atoms with Crippen LogP contribution in [0.2, 0.25) is 0 Å². The van der Waals surface area contributed by atoms with E-state index in [1.807, 2.05) is 4.90 Å². The molecule has 0 radical (unpaired) electrons. The number of hydrogen-bond donors (Lipinski definition) is 1. The number of carbonyl (C=O) groups excluding carboxylic acids is 1. The van der Waals surface area contributed by atoms with E-state index < -0.39 is 11.6 Å². The van der Waals surface area contributed by atoms with Crippen LogP contribution in [0.3, 0.4) is 0 Å². The molecule has 148 valence electrons. The molecule has 2 aromatic heterocycles. The lowest BCUT2D eigenvalue weighted by Crippen LogP contribution is -2.49. The van der Waals surface area contributed by atoms with Crippen LogP contribution in [0.5, 0.6) is 0 Å². The van der Waals surface area contributed by atoms with Gasteiger partial charge in [0.15, 0.2) is 0 Å². The lowest BCUT2D eigenvalue weighted by atomic mass is 10.2. The minimum atomic E-state index is -0.734. The van der Waals surface area contributed by atoms with Crippen molar-refractivity contribution >= 4 is 23.4 Å². The van der Waals surface area contributed by atoms with Crippen molar-refractivity contribution in [2.24, 2.45) is 0 Å². The number of piperazine rings is 1. The Balaban J connectivity index is 1.44. The molecule has 0 unspecified atom stereocenters. The summed E-state index contributed by atoms with van der Waals surface area (Å²) in [6.07, 6.45) is 4.80. The molecule has 1 amide bonds. The maximum Gasteiger partial charge on any atom is 0.254 e. The summed E-state index contributed by atoms with van der Waals surface area (Å²) in [6.45, 7) is 2.27. The zero-order valence-corrected chi connectivity index (χ0v) is 15.4. The molecule has 1 N–H and O–H groups in total. The van der Waals surface area contributed by atoms with E-state index in [1.54, 1.807) is 29.4 Å². The number of para-hydroxylation sites is 1. The molecule has 0 atom stereocenters. The van der Waals surface area contributed by atoms with Crippen molar-refractivity contribution in [3.63, 3.8) is 0 Å². The topological polar surface area (TPSA) is 74.2 Å². The van der Waals surface area contributed by atoms with Crippen LogP contribution in [0, 0.1) is 11.6 Å². The molecule has 0 aliphatic carbocycles. The van der Waals surface area contributed by atoms with Crippen molar-refractivity contribution < 1.29 is 13.6 Å². The molecule has 1 aliphatic heterocycles. The van der Waals surface area contributed by atoms with E-state index in [0.29, 0.717) is 37.7 Å². The fourth-order valence-electron chi connectivity index (χ4n) is 3.12. The molecule has 9 heteroatoms. The Bertz CT molecular complexity index is 989. The molecule has 29 heavy (non-hydrogen) atoms. The van der Waals surface area contributed by atoms with Gasteiger partial charge in [-0.05, 0) is 30.3 Å². The van der Waals surface area contributed by atoms with Gasteiger partial charge >= 0.3 is 0 Å². The molecule has 7 nitrogen and oxygen atoms in total. The first-order valence-corrected chi connectivity index (χ1v) is 9.10. The van der Waals surface area contributed by atoms with Crippen molar-refractivity contribution in [3.8, 4) is 0 Å². The molecule has 0 saturated carbocycles. The van der Waals surface area contributed by atoms with Crippen LogP contribution >= 0.6 is 0 Å². The number of carbonyl (C=O) groups is 1. The van der Waals surface area contributed by atoms with Gasteiger partial charge in [0, 0.05) is 50.3 Å². The Hall–Kier alpha value is -3.62. The number of anilines is 3. The second-order valence-electron chi connectivity index (χ2n) is 6.48. The van der Waals surface area contributed by atoms with E-state index >= 15 is 0 Å². The number of nitrogens with one attached hydrogen (secondary N) is 1. The van der Waals surface area contributed by atoms with E-state index in [4.69, 9.17) is 0 Å². The second-order valence-corrected chi connectivity index (χ2v) is 6.48. The maximum atomic E-state index is 13.8. The van der Waals surface area contributed by atoms with Gasteiger partial charge in [0.1, 0.15) is 23.1 Å². The smallest absolute Gasteiger partial charge is 0.254 e. The summed E-state index contributed by atoms with van der Waals surface area (Å²) in [5.74, 6) is -0.804. The van der Waals surface area contributed by atoms with Crippen LogP contribution in [0.1, 0.15) is 10.4 Å². The van der Waals surface area contributed by atoms with E-state index in [9.17, 15) is 13.6 Å². The molecule has 4 rings (SSSR count). The Morgan fingerprint density at radius 3 is 2.28 bits per heavy atom. The monoisotopic (exact) mass is 396 g/mol. The van der Waals surface area contributed by atoms with E-state index in [2.05, 4.69) is 20.3 Å². The van der Waals surface area contributed by atoms with Crippen LogP contribution in [0.15, 0.2) is 55.0 Å². The molecular formula is C20H18F2N6O. The van der Waals surface area contributed by atoms with Gasteiger partial charge in [0.2, 0.25) is 5.95 Å². The highest BCUT2D eigenvalue weighted by molar-refractivity contribution is 5.95. The summed E-state index contributed by atoms with van der Waals surface area (Å²) in [6, 6.07) is 8.40. The van der Waals surface area contributed by atoms with Crippen LogP contribution in [0.4, 0.5) is 26.2 Å². The number of rotatable bonds is 4. The van der Waals surface area contributed by atoms with Gasteiger partial charge in [0.05, 0.1) is 0 Å². The number of pyridine rings is 1. The average Bonchev–Trinajstić information content (AvgIpc) is 2.77. The molecule has 0 bridgehead atoms. The Morgan fingerprint density at radius 2 is 1.59 bits per heavy atom. The molecule has 3 aromatic rings. The highest BCUT2D eigenvalue weighted by Gasteiger charge is 2.23. The largest absolute Gasteiger partial charge is 0.337 e. The minimum absolute atomic E-state index is 0.168. The molecule has 1 saturated heterocycles. The first-order chi connectivity index (χ1) is 14.1. The minimum Gasteiger partial charge on any atom is -0.337 e. The van der Waals surface area contributed by atoms with Crippen LogP contribution < -0.4 is 10.2 Å². The number of nitrogens with zero attached hydrogens (tertiary/aromatic N) is 5. The average molecular weight is 396 g/mol. The number of amides is 1. The predicted octanol–water partition coefficient (Wildman–Crippen LogP) is 2.86. The number of aromatic nitrogens is 3. The Labute approximate surface area is 166 Å². The van der Waals surface area contributed by atoms with Gasteiger partial charge in [-0.3, -0.25) is 4.79 Å². The van der Waals surface area contributed by atoms with Gasteiger partial charge in [-0.25, -0.2) is 23.7 Å². The molecular weight excluding hydrogens is 378 g/mol. The number of benzene rings is 1. The molecule has 1 aliphatic rings. The van der Waals surface area contributed by atoms with Gasteiger partial charge in [-0.1, -0.05) is 6.07 Å². The summed E-state index contributed by atoms with van der Waals surface area (Å²) >= 11 is 0. The van der Waals surface area contributed by atoms with E-state index in [0.717, 1.165) is 12.1 Å².